The van der Waals surface area contributed by atoms with Crippen molar-refractivity contribution < 1.29 is 22.7 Å². The van der Waals surface area contributed by atoms with Crippen LogP contribution in [0.25, 0.3) is 0 Å². The number of nitrogens with zero attached hydrogens (tertiary/aromatic N) is 2. The summed E-state index contributed by atoms with van der Waals surface area (Å²) < 4.78 is 32.1. The molecule has 0 bridgehead atoms. The molecule has 0 aromatic heterocycles. The highest BCUT2D eigenvalue weighted by Gasteiger charge is 2.28. The number of nitrogens with one attached hydrogen (secondary N) is 2. The third-order valence-corrected chi connectivity index (χ3v) is 7.51. The first-order valence-corrected chi connectivity index (χ1v) is 12.5. The number of esters is 1. The number of allylic oxidation sites excluding steroid dienone is 1. The molecule has 2 aliphatic heterocycles. The van der Waals surface area contributed by atoms with Crippen molar-refractivity contribution in [3.05, 3.63) is 65.4 Å². The Kier molecular flexibility index (Phi) is 6.80. The summed E-state index contributed by atoms with van der Waals surface area (Å²) in [6.45, 7) is 4.56. The van der Waals surface area contributed by atoms with Gasteiger partial charge in [-0.05, 0) is 63.1 Å². The van der Waals surface area contributed by atoms with E-state index in [1.807, 2.05) is 12.1 Å². The van der Waals surface area contributed by atoms with Crippen LogP contribution in [-0.4, -0.2) is 50.1 Å². The number of fused-ring (bicyclic) bond motifs is 1. The number of ether oxygens (including phenoxy) is 1. The van der Waals surface area contributed by atoms with Crippen molar-refractivity contribution >= 4 is 39.1 Å². The van der Waals surface area contributed by atoms with Crippen molar-refractivity contribution in [1.29, 1.82) is 0 Å². The van der Waals surface area contributed by atoms with Gasteiger partial charge >= 0.3 is 5.97 Å². The minimum absolute atomic E-state index is 0.0483. The number of sulfonamides is 1. The maximum Gasteiger partial charge on any atom is 0.343 e. The largest absolute Gasteiger partial charge is 0.462 e. The van der Waals surface area contributed by atoms with Crippen LogP contribution < -0.4 is 10.6 Å². The normalized spacial score (nSPS) is 16.2. The van der Waals surface area contributed by atoms with Gasteiger partial charge in [-0.15, -0.1) is 0 Å². The highest BCUT2D eigenvalue weighted by atomic mass is 32.2. The van der Waals surface area contributed by atoms with Gasteiger partial charge in [-0.1, -0.05) is 12.1 Å². The first-order valence-electron chi connectivity index (χ1n) is 11.1. The number of anilines is 1. The van der Waals surface area contributed by atoms with Crippen molar-refractivity contribution in [2.45, 2.75) is 31.6 Å². The summed E-state index contributed by atoms with van der Waals surface area (Å²) in [7, 11) is -3.58. The lowest BCUT2D eigenvalue weighted by atomic mass is 10.1. The van der Waals surface area contributed by atoms with E-state index in [-0.39, 0.29) is 28.5 Å². The molecule has 0 aliphatic carbocycles. The second kappa shape index (κ2) is 9.78. The van der Waals surface area contributed by atoms with Gasteiger partial charge in [0.05, 0.1) is 22.9 Å². The van der Waals surface area contributed by atoms with Crippen LogP contribution in [0.2, 0.25) is 0 Å². The van der Waals surface area contributed by atoms with E-state index in [0.717, 1.165) is 12.8 Å². The van der Waals surface area contributed by atoms with E-state index in [0.29, 0.717) is 30.2 Å². The molecule has 2 aromatic carbocycles. The van der Waals surface area contributed by atoms with E-state index in [4.69, 9.17) is 4.74 Å². The Labute approximate surface area is 198 Å². The molecule has 2 aliphatic rings. The molecule has 178 valence electrons. The fourth-order valence-electron chi connectivity index (χ4n) is 3.87. The van der Waals surface area contributed by atoms with Gasteiger partial charge in [-0.3, -0.25) is 4.79 Å². The molecule has 2 heterocycles. The summed E-state index contributed by atoms with van der Waals surface area (Å²) in [4.78, 5) is 30.4. The molecule has 2 aromatic rings. The van der Waals surface area contributed by atoms with E-state index in [1.54, 1.807) is 26.0 Å². The standard InChI is InChI=1S/C24H26N4O5S/c1-3-33-24(30)21-16(2)25-19-8-4-5-9-20(19)26-22(21)27-23(29)17-10-12-18(13-11-17)34(31,32)28-14-6-7-15-28/h4-5,8-13,25H,3,6-7,14-15H2,1-2H3,(H,26,27,29). The summed E-state index contributed by atoms with van der Waals surface area (Å²) in [6.07, 6.45) is 1.69. The number of aliphatic imine (C=N–C) groups is 1. The molecule has 0 unspecified atom stereocenters. The second-order valence-corrected chi connectivity index (χ2v) is 9.85. The fraction of sp³-hybridized carbons (Fsp3) is 0.292. The van der Waals surface area contributed by atoms with Crippen molar-refractivity contribution in [1.82, 2.24) is 9.62 Å². The Morgan fingerprint density at radius 3 is 2.44 bits per heavy atom. The Hall–Kier alpha value is -3.50. The molecule has 0 atom stereocenters. The zero-order valence-electron chi connectivity index (χ0n) is 19.0. The van der Waals surface area contributed by atoms with Gasteiger partial charge in [-0.25, -0.2) is 18.2 Å². The minimum atomic E-state index is -3.58. The lowest BCUT2D eigenvalue weighted by Gasteiger charge is -2.16. The van der Waals surface area contributed by atoms with Crippen LogP contribution in [0.5, 0.6) is 0 Å². The monoisotopic (exact) mass is 482 g/mol. The van der Waals surface area contributed by atoms with Crippen LogP contribution in [0.3, 0.4) is 0 Å². The third-order valence-electron chi connectivity index (χ3n) is 5.60. The average Bonchev–Trinajstić information content (AvgIpc) is 3.32. The molecular formula is C24H26N4O5S. The van der Waals surface area contributed by atoms with E-state index < -0.39 is 21.9 Å². The van der Waals surface area contributed by atoms with Crippen LogP contribution in [0, 0.1) is 0 Å². The quantitative estimate of drug-likeness (QED) is 0.632. The molecule has 4 rings (SSSR count). The molecule has 1 fully saturated rings. The number of para-hydroxylation sites is 2. The van der Waals surface area contributed by atoms with Crippen LogP contribution >= 0.6 is 0 Å². The van der Waals surface area contributed by atoms with Crippen molar-refractivity contribution in [3.8, 4) is 0 Å². The number of rotatable bonds is 5. The number of benzene rings is 2. The highest BCUT2D eigenvalue weighted by molar-refractivity contribution is 7.89. The molecule has 9 nitrogen and oxygen atoms in total. The second-order valence-electron chi connectivity index (χ2n) is 7.91. The molecule has 34 heavy (non-hydrogen) atoms. The lowest BCUT2D eigenvalue weighted by molar-refractivity contribution is -0.137. The van der Waals surface area contributed by atoms with Gasteiger partial charge in [-0.2, -0.15) is 4.31 Å². The van der Waals surface area contributed by atoms with Crippen LogP contribution in [0.1, 0.15) is 37.0 Å². The van der Waals surface area contributed by atoms with Crippen molar-refractivity contribution in [3.63, 3.8) is 0 Å². The summed E-state index contributed by atoms with van der Waals surface area (Å²) in [5, 5.41) is 5.85. The molecule has 0 radical (unpaired) electrons. The minimum Gasteiger partial charge on any atom is -0.462 e. The van der Waals surface area contributed by atoms with Crippen molar-refractivity contribution in [2.24, 2.45) is 4.99 Å². The number of carbonyl (C=O) groups excluding carboxylic acids is 2. The predicted molar refractivity (Wildman–Crippen MR) is 128 cm³/mol. The van der Waals surface area contributed by atoms with E-state index in [2.05, 4.69) is 15.6 Å². The SMILES string of the molecule is CCOC(=O)C1=C(C)Nc2ccccc2N=C1NC(=O)c1ccc(S(=O)(=O)N2CCCC2)cc1. The number of hydrogen-bond donors (Lipinski definition) is 2. The summed E-state index contributed by atoms with van der Waals surface area (Å²) in [5.74, 6) is -1.10. The lowest BCUT2D eigenvalue weighted by Crippen LogP contribution is -2.35. The first kappa shape index (κ1) is 23.7. The molecular weight excluding hydrogens is 456 g/mol. The topological polar surface area (TPSA) is 117 Å². The van der Waals surface area contributed by atoms with E-state index in [9.17, 15) is 18.0 Å². The van der Waals surface area contributed by atoms with Gasteiger partial charge in [0.2, 0.25) is 10.0 Å². The molecule has 0 spiro atoms. The molecule has 2 N–H and O–H groups in total. The summed E-state index contributed by atoms with van der Waals surface area (Å²) in [6, 6.07) is 12.9. The number of hydrogen-bond acceptors (Lipinski definition) is 7. The van der Waals surface area contributed by atoms with Gasteiger partial charge in [0, 0.05) is 24.4 Å². The van der Waals surface area contributed by atoms with Crippen LogP contribution in [0.15, 0.2) is 69.7 Å². The van der Waals surface area contributed by atoms with Gasteiger partial charge in [0.1, 0.15) is 11.4 Å². The maximum atomic E-state index is 13.0. The fourth-order valence-corrected chi connectivity index (χ4v) is 5.39. The number of carbonyl (C=O) groups is 2. The average molecular weight is 483 g/mol. The van der Waals surface area contributed by atoms with Gasteiger partial charge in [0.15, 0.2) is 0 Å². The van der Waals surface area contributed by atoms with Gasteiger partial charge in [0.25, 0.3) is 5.91 Å². The Bertz CT molecular complexity index is 1280. The van der Waals surface area contributed by atoms with Crippen molar-refractivity contribution in [2.75, 3.05) is 25.0 Å². The van der Waals surface area contributed by atoms with Crippen LogP contribution in [-0.2, 0) is 19.6 Å². The van der Waals surface area contributed by atoms with E-state index in [1.165, 1.54) is 28.6 Å². The number of amidine groups is 1. The Morgan fingerprint density at radius 1 is 1.09 bits per heavy atom. The number of amides is 1. The van der Waals surface area contributed by atoms with E-state index >= 15 is 0 Å². The van der Waals surface area contributed by atoms with Crippen LogP contribution in [0.4, 0.5) is 11.4 Å². The summed E-state index contributed by atoms with van der Waals surface area (Å²) in [5.41, 5.74) is 2.05. The zero-order valence-corrected chi connectivity index (χ0v) is 19.8. The molecule has 10 heteroatoms. The maximum absolute atomic E-state index is 13.0. The third kappa shape index (κ3) is 4.73. The smallest absolute Gasteiger partial charge is 0.343 e. The molecule has 1 amide bonds. The first-order chi connectivity index (χ1) is 16.3. The van der Waals surface area contributed by atoms with Gasteiger partial charge < -0.3 is 15.4 Å². The molecule has 1 saturated heterocycles. The predicted octanol–water partition coefficient (Wildman–Crippen LogP) is 3.19. The zero-order chi connectivity index (χ0) is 24.3. The summed E-state index contributed by atoms with van der Waals surface area (Å²) >= 11 is 0. The Morgan fingerprint density at radius 2 is 1.76 bits per heavy atom. The highest BCUT2D eigenvalue weighted by Crippen LogP contribution is 2.30. The molecule has 0 saturated carbocycles. The Balaban J connectivity index is 1.63.